The van der Waals surface area contributed by atoms with Gasteiger partial charge in [-0.15, -0.1) is 0 Å². The van der Waals surface area contributed by atoms with Crippen LogP contribution in [0.5, 0.6) is 17.2 Å². The van der Waals surface area contributed by atoms with Crippen molar-refractivity contribution in [3.05, 3.63) is 36.0 Å². The van der Waals surface area contributed by atoms with Crippen molar-refractivity contribution in [1.29, 1.82) is 0 Å². The number of rotatable bonds is 11. The molecule has 0 saturated heterocycles. The number of nitrogens with one attached hydrogen (secondary N) is 2. The minimum atomic E-state index is 0.206. The summed E-state index contributed by atoms with van der Waals surface area (Å²) in [6.45, 7) is 1.72. The zero-order valence-electron chi connectivity index (χ0n) is 16.7. The second-order valence-electron chi connectivity index (χ2n) is 5.93. The van der Waals surface area contributed by atoms with Gasteiger partial charge in [0.15, 0.2) is 11.5 Å². The normalized spacial score (nSPS) is 11.9. The third-order valence-electron chi connectivity index (χ3n) is 4.24. The van der Waals surface area contributed by atoms with Gasteiger partial charge < -0.3 is 29.6 Å². The number of aromatic nitrogens is 1. The monoisotopic (exact) mass is 375 g/mol. The SMILES string of the molecule is CNCC(NC)c1ccc(-c2cc(OC)c(OCCOC)c(OC)c2)nc1. The van der Waals surface area contributed by atoms with Crippen LogP contribution < -0.4 is 24.8 Å². The minimum Gasteiger partial charge on any atom is -0.493 e. The maximum Gasteiger partial charge on any atom is 0.203 e. The summed E-state index contributed by atoms with van der Waals surface area (Å²) in [7, 11) is 8.71. The molecule has 1 heterocycles. The predicted molar refractivity (Wildman–Crippen MR) is 106 cm³/mol. The van der Waals surface area contributed by atoms with Crippen molar-refractivity contribution in [2.75, 3.05) is 55.2 Å². The lowest BCUT2D eigenvalue weighted by Crippen LogP contribution is -2.27. The molecule has 1 aromatic carbocycles. The number of hydrogen-bond acceptors (Lipinski definition) is 7. The topological polar surface area (TPSA) is 73.9 Å². The van der Waals surface area contributed by atoms with Gasteiger partial charge in [-0.3, -0.25) is 4.98 Å². The summed E-state index contributed by atoms with van der Waals surface area (Å²) >= 11 is 0. The van der Waals surface area contributed by atoms with Crippen LogP contribution in [0.15, 0.2) is 30.5 Å². The first-order valence-electron chi connectivity index (χ1n) is 8.84. The smallest absolute Gasteiger partial charge is 0.203 e. The van der Waals surface area contributed by atoms with E-state index in [1.165, 1.54) is 0 Å². The van der Waals surface area contributed by atoms with Crippen molar-refractivity contribution < 1.29 is 18.9 Å². The highest BCUT2D eigenvalue weighted by Crippen LogP contribution is 2.41. The van der Waals surface area contributed by atoms with Crippen molar-refractivity contribution in [2.24, 2.45) is 0 Å². The van der Waals surface area contributed by atoms with Gasteiger partial charge in [-0.25, -0.2) is 0 Å². The number of hydrogen-bond donors (Lipinski definition) is 2. The fraction of sp³-hybridized carbons (Fsp3) is 0.450. The molecule has 0 bridgehead atoms. The van der Waals surface area contributed by atoms with E-state index in [1.54, 1.807) is 21.3 Å². The van der Waals surface area contributed by atoms with E-state index in [0.29, 0.717) is 30.5 Å². The molecule has 0 aliphatic heterocycles. The fourth-order valence-corrected chi connectivity index (χ4v) is 2.77. The molecule has 27 heavy (non-hydrogen) atoms. The first kappa shape index (κ1) is 21.0. The van der Waals surface area contributed by atoms with Gasteiger partial charge in [0.2, 0.25) is 5.75 Å². The molecule has 2 aromatic rings. The molecule has 0 saturated carbocycles. The summed E-state index contributed by atoms with van der Waals surface area (Å²) in [5.41, 5.74) is 2.84. The first-order valence-corrected chi connectivity index (χ1v) is 8.84. The van der Waals surface area contributed by atoms with E-state index in [2.05, 4.69) is 21.7 Å². The molecule has 0 radical (unpaired) electrons. The number of ether oxygens (including phenoxy) is 4. The van der Waals surface area contributed by atoms with Crippen LogP contribution >= 0.6 is 0 Å². The van der Waals surface area contributed by atoms with E-state index >= 15 is 0 Å². The van der Waals surface area contributed by atoms with Gasteiger partial charge in [0.05, 0.1) is 26.5 Å². The van der Waals surface area contributed by atoms with Crippen LogP contribution in [-0.4, -0.2) is 60.2 Å². The van der Waals surface area contributed by atoms with Crippen molar-refractivity contribution in [3.63, 3.8) is 0 Å². The number of methoxy groups -OCH3 is 3. The third-order valence-corrected chi connectivity index (χ3v) is 4.24. The van der Waals surface area contributed by atoms with E-state index in [1.807, 2.05) is 38.5 Å². The largest absolute Gasteiger partial charge is 0.493 e. The molecule has 0 amide bonds. The highest BCUT2D eigenvalue weighted by Gasteiger charge is 2.16. The zero-order chi connectivity index (χ0) is 19.6. The van der Waals surface area contributed by atoms with E-state index in [9.17, 15) is 0 Å². The van der Waals surface area contributed by atoms with Crippen molar-refractivity contribution in [1.82, 2.24) is 15.6 Å². The lowest BCUT2D eigenvalue weighted by molar-refractivity contribution is 0.142. The Bertz CT molecular complexity index is 682. The third kappa shape index (κ3) is 5.32. The van der Waals surface area contributed by atoms with E-state index < -0.39 is 0 Å². The molecular weight excluding hydrogens is 346 g/mol. The molecule has 2 N–H and O–H groups in total. The summed E-state index contributed by atoms with van der Waals surface area (Å²) in [6.07, 6.45) is 1.88. The van der Waals surface area contributed by atoms with Gasteiger partial charge >= 0.3 is 0 Å². The molecule has 0 aliphatic rings. The van der Waals surface area contributed by atoms with Crippen molar-refractivity contribution in [3.8, 4) is 28.5 Å². The minimum absolute atomic E-state index is 0.206. The lowest BCUT2D eigenvalue weighted by Gasteiger charge is -2.17. The van der Waals surface area contributed by atoms with Gasteiger partial charge in [0, 0.05) is 31.5 Å². The fourth-order valence-electron chi connectivity index (χ4n) is 2.77. The molecule has 0 fully saturated rings. The van der Waals surface area contributed by atoms with Gasteiger partial charge in [0.1, 0.15) is 6.61 Å². The Morgan fingerprint density at radius 3 is 2.19 bits per heavy atom. The summed E-state index contributed by atoms with van der Waals surface area (Å²) in [6, 6.07) is 8.07. The van der Waals surface area contributed by atoms with Crippen LogP contribution in [0.3, 0.4) is 0 Å². The predicted octanol–water partition coefficient (Wildman–Crippen LogP) is 2.27. The van der Waals surface area contributed by atoms with E-state index in [-0.39, 0.29) is 6.04 Å². The molecule has 0 spiro atoms. The maximum absolute atomic E-state index is 5.76. The Kier molecular flexibility index (Phi) is 8.32. The highest BCUT2D eigenvalue weighted by molar-refractivity contribution is 5.68. The summed E-state index contributed by atoms with van der Waals surface area (Å²) in [4.78, 5) is 4.62. The molecular formula is C20H29N3O4. The number of benzene rings is 1. The summed E-state index contributed by atoms with van der Waals surface area (Å²) < 4.78 is 21.8. The van der Waals surface area contributed by atoms with Gasteiger partial charge in [-0.05, 0) is 37.9 Å². The van der Waals surface area contributed by atoms with Crippen molar-refractivity contribution >= 4 is 0 Å². The molecule has 148 valence electrons. The number of likely N-dealkylation sites (N-methyl/N-ethyl adjacent to an activating group) is 2. The zero-order valence-corrected chi connectivity index (χ0v) is 16.7. The van der Waals surface area contributed by atoms with Crippen molar-refractivity contribution in [2.45, 2.75) is 6.04 Å². The Labute approximate surface area is 161 Å². The van der Waals surface area contributed by atoms with Crippen LogP contribution in [0.25, 0.3) is 11.3 Å². The molecule has 0 aliphatic carbocycles. The second kappa shape index (κ2) is 10.7. The van der Waals surface area contributed by atoms with E-state index in [0.717, 1.165) is 23.4 Å². The maximum atomic E-state index is 5.76. The van der Waals surface area contributed by atoms with E-state index in [4.69, 9.17) is 18.9 Å². The average Bonchev–Trinajstić information content (AvgIpc) is 2.72. The lowest BCUT2D eigenvalue weighted by atomic mass is 10.1. The molecule has 1 unspecified atom stereocenters. The number of nitrogens with zero attached hydrogens (tertiary/aromatic N) is 1. The Hall–Kier alpha value is -2.35. The second-order valence-corrected chi connectivity index (χ2v) is 5.93. The summed E-state index contributed by atoms with van der Waals surface area (Å²) in [5.74, 6) is 1.74. The van der Waals surface area contributed by atoms with Crippen LogP contribution in [0.2, 0.25) is 0 Å². The average molecular weight is 375 g/mol. The van der Waals surface area contributed by atoms with Gasteiger partial charge in [-0.2, -0.15) is 0 Å². The Morgan fingerprint density at radius 2 is 1.70 bits per heavy atom. The van der Waals surface area contributed by atoms with Crippen LogP contribution in [0, 0.1) is 0 Å². The Morgan fingerprint density at radius 1 is 1.00 bits per heavy atom. The quantitative estimate of drug-likeness (QED) is 0.584. The molecule has 7 nitrogen and oxygen atoms in total. The molecule has 1 aromatic heterocycles. The van der Waals surface area contributed by atoms with Gasteiger partial charge in [-0.1, -0.05) is 6.07 Å². The van der Waals surface area contributed by atoms with Crippen LogP contribution in [0.4, 0.5) is 0 Å². The summed E-state index contributed by atoms with van der Waals surface area (Å²) in [5, 5.41) is 6.45. The molecule has 1 atom stereocenters. The molecule has 2 rings (SSSR count). The molecule has 7 heteroatoms. The highest BCUT2D eigenvalue weighted by atomic mass is 16.6. The first-order chi connectivity index (χ1) is 13.2. The van der Waals surface area contributed by atoms with Crippen LogP contribution in [0.1, 0.15) is 11.6 Å². The van der Waals surface area contributed by atoms with Crippen LogP contribution in [-0.2, 0) is 4.74 Å². The Balaban J connectivity index is 2.32. The standard InChI is InChI=1S/C20H29N3O4/c1-21-13-17(22-2)14-6-7-16(23-12-14)15-10-18(25-4)20(19(11-15)26-5)27-9-8-24-3/h6-7,10-12,17,21-22H,8-9,13H2,1-5H3. The van der Waals surface area contributed by atoms with Gasteiger partial charge in [0.25, 0.3) is 0 Å². The number of pyridine rings is 1.